The average Bonchev–Trinajstić information content (AvgIpc) is 3.23. The summed E-state index contributed by atoms with van der Waals surface area (Å²) in [7, 11) is 0. The van der Waals surface area contributed by atoms with Crippen LogP contribution in [-0.4, -0.2) is 35.5 Å². The highest BCUT2D eigenvalue weighted by atomic mass is 32.2. The van der Waals surface area contributed by atoms with Crippen molar-refractivity contribution < 1.29 is 0 Å². The standard InChI is InChI=1S/C15H22N2S/c1-2-4-14(12-17-7-9-18-10-8-17)13(3-1)11-16-15-5-6-15/h1-4,15-16H,5-12H2. The van der Waals surface area contributed by atoms with Crippen molar-refractivity contribution in [2.45, 2.75) is 32.0 Å². The molecule has 1 aromatic carbocycles. The highest BCUT2D eigenvalue weighted by Gasteiger charge is 2.20. The minimum atomic E-state index is 0.796. The SMILES string of the molecule is c1ccc(CN2CCSCC2)c(CNC2CC2)c1. The smallest absolute Gasteiger partial charge is 0.0237 e. The third kappa shape index (κ3) is 3.50. The second kappa shape index (κ2) is 6.09. The maximum Gasteiger partial charge on any atom is 0.0237 e. The van der Waals surface area contributed by atoms with Crippen LogP contribution in [0.1, 0.15) is 24.0 Å². The lowest BCUT2D eigenvalue weighted by molar-refractivity contribution is 0.293. The minimum Gasteiger partial charge on any atom is -0.310 e. The van der Waals surface area contributed by atoms with Crippen LogP contribution in [0.25, 0.3) is 0 Å². The van der Waals surface area contributed by atoms with E-state index in [1.165, 1.54) is 48.6 Å². The quantitative estimate of drug-likeness (QED) is 0.877. The van der Waals surface area contributed by atoms with Gasteiger partial charge in [-0.15, -0.1) is 0 Å². The fourth-order valence-corrected chi connectivity index (χ4v) is 3.40. The molecule has 0 unspecified atom stereocenters. The fourth-order valence-electron chi connectivity index (χ4n) is 2.43. The lowest BCUT2D eigenvalue weighted by atomic mass is 10.1. The zero-order chi connectivity index (χ0) is 12.2. The van der Waals surface area contributed by atoms with Crippen LogP contribution in [0.4, 0.5) is 0 Å². The van der Waals surface area contributed by atoms with Crippen molar-refractivity contribution in [3.63, 3.8) is 0 Å². The molecule has 1 heterocycles. The van der Waals surface area contributed by atoms with Crippen molar-refractivity contribution in [3.8, 4) is 0 Å². The van der Waals surface area contributed by atoms with Gasteiger partial charge < -0.3 is 5.32 Å². The van der Waals surface area contributed by atoms with Crippen molar-refractivity contribution in [1.82, 2.24) is 10.2 Å². The highest BCUT2D eigenvalue weighted by Crippen LogP contribution is 2.21. The molecule has 2 fully saturated rings. The van der Waals surface area contributed by atoms with E-state index in [2.05, 4.69) is 46.2 Å². The summed E-state index contributed by atoms with van der Waals surface area (Å²) in [5.74, 6) is 2.59. The third-order valence-corrected chi connectivity index (χ3v) is 4.72. The van der Waals surface area contributed by atoms with Gasteiger partial charge in [-0.1, -0.05) is 24.3 Å². The van der Waals surface area contributed by atoms with Crippen LogP contribution < -0.4 is 5.32 Å². The highest BCUT2D eigenvalue weighted by molar-refractivity contribution is 7.99. The predicted octanol–water partition coefficient (Wildman–Crippen LogP) is 2.49. The van der Waals surface area contributed by atoms with E-state index in [-0.39, 0.29) is 0 Å². The van der Waals surface area contributed by atoms with E-state index < -0.39 is 0 Å². The zero-order valence-corrected chi connectivity index (χ0v) is 11.7. The van der Waals surface area contributed by atoms with Crippen LogP contribution in [0.5, 0.6) is 0 Å². The number of nitrogens with zero attached hydrogens (tertiary/aromatic N) is 1. The summed E-state index contributed by atoms with van der Waals surface area (Å²) in [5.41, 5.74) is 3.00. The van der Waals surface area contributed by atoms with Gasteiger partial charge in [-0.2, -0.15) is 11.8 Å². The molecule has 1 saturated heterocycles. The number of rotatable bonds is 5. The van der Waals surface area contributed by atoms with Crippen LogP contribution in [0.2, 0.25) is 0 Å². The molecule has 3 heteroatoms. The van der Waals surface area contributed by atoms with Crippen molar-refractivity contribution in [2.24, 2.45) is 0 Å². The molecular weight excluding hydrogens is 240 g/mol. The van der Waals surface area contributed by atoms with Gasteiger partial charge in [0.25, 0.3) is 0 Å². The van der Waals surface area contributed by atoms with Gasteiger partial charge in [-0.3, -0.25) is 4.90 Å². The Morgan fingerprint density at radius 2 is 1.83 bits per heavy atom. The van der Waals surface area contributed by atoms with Crippen LogP contribution in [-0.2, 0) is 13.1 Å². The van der Waals surface area contributed by atoms with E-state index in [0.717, 1.165) is 19.1 Å². The molecule has 1 N–H and O–H groups in total. The largest absolute Gasteiger partial charge is 0.310 e. The van der Waals surface area contributed by atoms with Gasteiger partial charge in [-0.05, 0) is 24.0 Å². The van der Waals surface area contributed by atoms with Crippen LogP contribution in [0, 0.1) is 0 Å². The molecule has 1 aliphatic carbocycles. The van der Waals surface area contributed by atoms with Gasteiger partial charge >= 0.3 is 0 Å². The third-order valence-electron chi connectivity index (χ3n) is 3.77. The predicted molar refractivity (Wildman–Crippen MR) is 78.9 cm³/mol. The fraction of sp³-hybridized carbons (Fsp3) is 0.600. The summed E-state index contributed by atoms with van der Waals surface area (Å²) in [6.07, 6.45) is 2.73. The molecule has 0 aromatic heterocycles. The monoisotopic (exact) mass is 262 g/mol. The van der Waals surface area contributed by atoms with Crippen molar-refractivity contribution in [2.75, 3.05) is 24.6 Å². The van der Waals surface area contributed by atoms with Crippen LogP contribution >= 0.6 is 11.8 Å². The average molecular weight is 262 g/mol. The Morgan fingerprint density at radius 1 is 1.11 bits per heavy atom. The molecule has 0 amide bonds. The van der Waals surface area contributed by atoms with Crippen molar-refractivity contribution in [1.29, 1.82) is 0 Å². The Kier molecular flexibility index (Phi) is 4.24. The Bertz CT molecular complexity index is 384. The molecule has 1 saturated carbocycles. The molecule has 1 aliphatic heterocycles. The number of benzene rings is 1. The number of thioether (sulfide) groups is 1. The summed E-state index contributed by atoms with van der Waals surface area (Å²) >= 11 is 2.08. The van der Waals surface area contributed by atoms with E-state index in [4.69, 9.17) is 0 Å². The molecule has 18 heavy (non-hydrogen) atoms. The lowest BCUT2D eigenvalue weighted by Gasteiger charge is -2.27. The zero-order valence-electron chi connectivity index (χ0n) is 10.9. The van der Waals surface area contributed by atoms with Gasteiger partial charge in [-0.25, -0.2) is 0 Å². The Balaban J connectivity index is 1.61. The van der Waals surface area contributed by atoms with Crippen LogP contribution in [0.15, 0.2) is 24.3 Å². The molecule has 98 valence electrons. The first-order valence-corrected chi connectivity index (χ1v) is 8.17. The van der Waals surface area contributed by atoms with Gasteiger partial charge in [0.05, 0.1) is 0 Å². The van der Waals surface area contributed by atoms with Crippen molar-refractivity contribution >= 4 is 11.8 Å². The van der Waals surface area contributed by atoms with E-state index in [1.54, 1.807) is 0 Å². The lowest BCUT2D eigenvalue weighted by Crippen LogP contribution is -2.32. The summed E-state index contributed by atoms with van der Waals surface area (Å²) in [6.45, 7) is 4.66. The Labute approximate surface area is 114 Å². The molecule has 1 aromatic rings. The molecular formula is C15H22N2S. The number of nitrogens with one attached hydrogen (secondary N) is 1. The minimum absolute atomic E-state index is 0.796. The Hall–Kier alpha value is -0.510. The molecule has 2 nitrogen and oxygen atoms in total. The van der Waals surface area contributed by atoms with E-state index >= 15 is 0 Å². The van der Waals surface area contributed by atoms with Crippen LogP contribution in [0.3, 0.4) is 0 Å². The van der Waals surface area contributed by atoms with Gasteiger partial charge in [0.1, 0.15) is 0 Å². The molecule has 0 bridgehead atoms. The maximum absolute atomic E-state index is 3.63. The summed E-state index contributed by atoms with van der Waals surface area (Å²) in [6, 6.07) is 9.72. The first kappa shape index (κ1) is 12.5. The van der Waals surface area contributed by atoms with Gasteiger partial charge in [0, 0.05) is 43.7 Å². The summed E-state index contributed by atoms with van der Waals surface area (Å²) in [4.78, 5) is 2.59. The first-order valence-electron chi connectivity index (χ1n) is 7.02. The van der Waals surface area contributed by atoms with E-state index in [9.17, 15) is 0 Å². The van der Waals surface area contributed by atoms with Gasteiger partial charge in [0.2, 0.25) is 0 Å². The van der Waals surface area contributed by atoms with Gasteiger partial charge in [0.15, 0.2) is 0 Å². The maximum atomic E-state index is 3.63. The number of hydrogen-bond donors (Lipinski definition) is 1. The molecule has 0 spiro atoms. The molecule has 0 radical (unpaired) electrons. The van der Waals surface area contributed by atoms with E-state index in [0.29, 0.717) is 0 Å². The second-order valence-electron chi connectivity index (χ2n) is 5.31. The number of hydrogen-bond acceptors (Lipinski definition) is 3. The normalized spacial score (nSPS) is 21.1. The molecule has 2 aliphatic rings. The van der Waals surface area contributed by atoms with Crippen molar-refractivity contribution in [3.05, 3.63) is 35.4 Å². The second-order valence-corrected chi connectivity index (χ2v) is 6.54. The molecule has 3 rings (SSSR count). The Morgan fingerprint density at radius 3 is 2.56 bits per heavy atom. The first-order chi connectivity index (χ1) is 8.92. The summed E-state index contributed by atoms with van der Waals surface area (Å²) < 4.78 is 0. The summed E-state index contributed by atoms with van der Waals surface area (Å²) in [5, 5.41) is 3.63. The topological polar surface area (TPSA) is 15.3 Å². The molecule has 0 atom stereocenters. The van der Waals surface area contributed by atoms with E-state index in [1.807, 2.05) is 0 Å².